The van der Waals surface area contributed by atoms with Crippen molar-refractivity contribution in [2.24, 2.45) is 11.3 Å². The van der Waals surface area contributed by atoms with E-state index in [1.807, 2.05) is 0 Å². The minimum atomic E-state index is -0.0782. The molecule has 1 aliphatic carbocycles. The number of hydrogen-bond acceptors (Lipinski definition) is 2. The normalized spacial score (nSPS) is 27.5. The molecule has 17 heavy (non-hydrogen) atoms. The predicted molar refractivity (Wildman–Crippen MR) is 66.7 cm³/mol. The highest BCUT2D eigenvalue weighted by molar-refractivity contribution is 6.17. The van der Waals surface area contributed by atoms with E-state index in [4.69, 9.17) is 11.6 Å². The number of alkyl halides is 1. The summed E-state index contributed by atoms with van der Waals surface area (Å²) in [4.78, 5) is 23.1. The van der Waals surface area contributed by atoms with Gasteiger partial charge in [-0.3, -0.25) is 14.9 Å². The minimum Gasteiger partial charge on any atom is -0.296 e. The maximum absolute atomic E-state index is 11.6. The molecule has 1 heterocycles. The Morgan fingerprint density at radius 2 is 1.94 bits per heavy atom. The van der Waals surface area contributed by atoms with Crippen LogP contribution in [-0.4, -0.2) is 17.7 Å². The van der Waals surface area contributed by atoms with Crippen LogP contribution in [0.4, 0.5) is 0 Å². The van der Waals surface area contributed by atoms with E-state index in [0.29, 0.717) is 24.6 Å². The SMILES string of the molecule is O=C1CC2(CCCC2CCCCCl)CC(=O)N1. The summed E-state index contributed by atoms with van der Waals surface area (Å²) in [7, 11) is 0. The average molecular weight is 258 g/mol. The molecule has 2 fully saturated rings. The summed E-state index contributed by atoms with van der Waals surface area (Å²) in [6.07, 6.45) is 7.73. The van der Waals surface area contributed by atoms with Gasteiger partial charge in [-0.05, 0) is 37.0 Å². The van der Waals surface area contributed by atoms with E-state index in [9.17, 15) is 9.59 Å². The van der Waals surface area contributed by atoms with Gasteiger partial charge in [0.2, 0.25) is 11.8 Å². The van der Waals surface area contributed by atoms with Crippen LogP contribution >= 0.6 is 11.6 Å². The number of unbranched alkanes of at least 4 members (excludes halogenated alkanes) is 1. The molecule has 1 N–H and O–H groups in total. The van der Waals surface area contributed by atoms with Crippen molar-refractivity contribution in [2.75, 3.05) is 5.88 Å². The molecule has 0 aromatic rings. The number of halogens is 1. The van der Waals surface area contributed by atoms with Crippen molar-refractivity contribution in [3.63, 3.8) is 0 Å². The first kappa shape index (κ1) is 12.9. The Balaban J connectivity index is 2.01. The molecule has 1 saturated carbocycles. The van der Waals surface area contributed by atoms with E-state index in [1.54, 1.807) is 0 Å². The average Bonchev–Trinajstić information content (AvgIpc) is 2.60. The molecule has 1 aliphatic heterocycles. The molecule has 1 spiro atoms. The molecule has 3 nitrogen and oxygen atoms in total. The molecule has 1 atom stereocenters. The Hall–Kier alpha value is -0.570. The molecule has 2 amide bonds. The first-order chi connectivity index (χ1) is 8.16. The molecule has 1 saturated heterocycles. The molecule has 96 valence electrons. The molecular formula is C13H20ClNO2. The number of imide groups is 1. The van der Waals surface area contributed by atoms with E-state index in [2.05, 4.69) is 5.32 Å². The quantitative estimate of drug-likeness (QED) is 0.478. The number of amides is 2. The van der Waals surface area contributed by atoms with Gasteiger partial charge in [-0.1, -0.05) is 12.8 Å². The van der Waals surface area contributed by atoms with E-state index < -0.39 is 0 Å². The summed E-state index contributed by atoms with van der Waals surface area (Å²) in [5.41, 5.74) is -0.0221. The van der Waals surface area contributed by atoms with Crippen LogP contribution in [0.2, 0.25) is 0 Å². The highest BCUT2D eigenvalue weighted by atomic mass is 35.5. The standard InChI is InChI=1S/C13H20ClNO2/c14-7-2-1-4-10-5-3-6-13(10)8-11(16)15-12(17)9-13/h10H,1-9H2,(H,15,16,17). The predicted octanol–water partition coefficient (Wildman–Crippen LogP) is 2.62. The molecule has 4 heteroatoms. The fourth-order valence-electron chi connectivity index (χ4n) is 3.56. The van der Waals surface area contributed by atoms with Gasteiger partial charge in [-0.2, -0.15) is 0 Å². The first-order valence-corrected chi connectivity index (χ1v) is 7.08. The summed E-state index contributed by atoms with van der Waals surface area (Å²) < 4.78 is 0. The Morgan fingerprint density at radius 1 is 1.24 bits per heavy atom. The zero-order valence-electron chi connectivity index (χ0n) is 10.1. The second-order valence-corrected chi connectivity index (χ2v) is 5.84. The third-order valence-electron chi connectivity index (χ3n) is 4.33. The van der Waals surface area contributed by atoms with Crippen molar-refractivity contribution in [2.45, 2.75) is 51.4 Å². The fraction of sp³-hybridized carbons (Fsp3) is 0.846. The van der Waals surface area contributed by atoms with Crippen LogP contribution in [-0.2, 0) is 9.59 Å². The number of hydrogen-bond donors (Lipinski definition) is 1. The lowest BCUT2D eigenvalue weighted by molar-refractivity contribution is -0.139. The van der Waals surface area contributed by atoms with Gasteiger partial charge in [-0.25, -0.2) is 0 Å². The lowest BCUT2D eigenvalue weighted by Crippen LogP contribution is -2.46. The Morgan fingerprint density at radius 3 is 2.59 bits per heavy atom. The zero-order chi connectivity index (χ0) is 12.3. The third-order valence-corrected chi connectivity index (χ3v) is 4.60. The molecule has 2 rings (SSSR count). The van der Waals surface area contributed by atoms with Crippen molar-refractivity contribution in [1.29, 1.82) is 0 Å². The van der Waals surface area contributed by atoms with Gasteiger partial charge in [0.1, 0.15) is 0 Å². The highest BCUT2D eigenvalue weighted by Gasteiger charge is 2.47. The summed E-state index contributed by atoms with van der Waals surface area (Å²) in [5, 5.41) is 2.42. The second-order valence-electron chi connectivity index (χ2n) is 5.46. The maximum atomic E-state index is 11.6. The van der Waals surface area contributed by atoms with Gasteiger partial charge in [0, 0.05) is 18.7 Å². The van der Waals surface area contributed by atoms with Crippen molar-refractivity contribution >= 4 is 23.4 Å². The largest absolute Gasteiger partial charge is 0.296 e. The number of carbonyl (C=O) groups is 2. The first-order valence-electron chi connectivity index (χ1n) is 6.55. The Labute approximate surface area is 107 Å². The summed E-state index contributed by atoms with van der Waals surface area (Å²) >= 11 is 5.69. The Kier molecular flexibility index (Phi) is 4.08. The molecule has 0 radical (unpaired) electrons. The highest BCUT2D eigenvalue weighted by Crippen LogP contribution is 2.51. The van der Waals surface area contributed by atoms with Crippen LogP contribution in [0.1, 0.15) is 51.4 Å². The Bertz CT molecular complexity index is 301. The van der Waals surface area contributed by atoms with E-state index >= 15 is 0 Å². The molecular weight excluding hydrogens is 238 g/mol. The van der Waals surface area contributed by atoms with Gasteiger partial charge >= 0.3 is 0 Å². The van der Waals surface area contributed by atoms with Crippen LogP contribution in [0.5, 0.6) is 0 Å². The number of piperidine rings is 1. The molecule has 2 aliphatic rings. The van der Waals surface area contributed by atoms with Gasteiger partial charge in [-0.15, -0.1) is 11.6 Å². The van der Waals surface area contributed by atoms with Crippen molar-refractivity contribution in [1.82, 2.24) is 5.32 Å². The van der Waals surface area contributed by atoms with Gasteiger partial charge in [0.25, 0.3) is 0 Å². The molecule has 1 unspecified atom stereocenters. The monoisotopic (exact) mass is 257 g/mol. The zero-order valence-corrected chi connectivity index (χ0v) is 10.9. The van der Waals surface area contributed by atoms with E-state index in [1.165, 1.54) is 6.42 Å². The molecule has 0 aromatic carbocycles. The van der Waals surface area contributed by atoms with Crippen molar-refractivity contribution in [3.8, 4) is 0 Å². The molecule has 0 aromatic heterocycles. The topological polar surface area (TPSA) is 46.2 Å². The summed E-state index contributed by atoms with van der Waals surface area (Å²) in [5.74, 6) is 1.09. The number of rotatable bonds is 4. The van der Waals surface area contributed by atoms with Gasteiger partial charge < -0.3 is 0 Å². The second kappa shape index (κ2) is 5.38. The van der Waals surface area contributed by atoms with E-state index in [0.717, 1.165) is 32.1 Å². The van der Waals surface area contributed by atoms with Crippen molar-refractivity contribution < 1.29 is 9.59 Å². The van der Waals surface area contributed by atoms with Crippen molar-refractivity contribution in [3.05, 3.63) is 0 Å². The fourth-order valence-corrected chi connectivity index (χ4v) is 3.75. The minimum absolute atomic E-state index is 0.0221. The maximum Gasteiger partial charge on any atom is 0.227 e. The van der Waals surface area contributed by atoms with Crippen LogP contribution in [0.3, 0.4) is 0 Å². The smallest absolute Gasteiger partial charge is 0.227 e. The van der Waals surface area contributed by atoms with Crippen LogP contribution in [0, 0.1) is 11.3 Å². The van der Waals surface area contributed by atoms with Gasteiger partial charge in [0.05, 0.1) is 0 Å². The van der Waals surface area contributed by atoms with Gasteiger partial charge in [0.15, 0.2) is 0 Å². The van der Waals surface area contributed by atoms with Crippen LogP contribution < -0.4 is 5.32 Å². The number of nitrogens with one attached hydrogen (secondary N) is 1. The lowest BCUT2D eigenvalue weighted by atomic mass is 9.69. The summed E-state index contributed by atoms with van der Waals surface area (Å²) in [6.45, 7) is 0. The number of carbonyl (C=O) groups excluding carboxylic acids is 2. The third kappa shape index (κ3) is 2.82. The molecule has 0 bridgehead atoms. The van der Waals surface area contributed by atoms with E-state index in [-0.39, 0.29) is 17.2 Å². The lowest BCUT2D eigenvalue weighted by Gasteiger charge is -2.37. The van der Waals surface area contributed by atoms with Crippen LogP contribution in [0.25, 0.3) is 0 Å². The van der Waals surface area contributed by atoms with Crippen LogP contribution in [0.15, 0.2) is 0 Å². The summed E-state index contributed by atoms with van der Waals surface area (Å²) in [6, 6.07) is 0.